The highest BCUT2D eigenvalue weighted by atomic mass is 32.2. The lowest BCUT2D eigenvalue weighted by atomic mass is 10.3. The summed E-state index contributed by atoms with van der Waals surface area (Å²) in [7, 11) is 0. The molecule has 0 aliphatic heterocycles. The summed E-state index contributed by atoms with van der Waals surface area (Å²) >= 11 is 2.79. The van der Waals surface area contributed by atoms with Crippen molar-refractivity contribution in [3.8, 4) is 11.5 Å². The molecule has 0 radical (unpaired) electrons. The van der Waals surface area contributed by atoms with Crippen LogP contribution >= 0.6 is 23.5 Å². The first-order chi connectivity index (χ1) is 11.7. The summed E-state index contributed by atoms with van der Waals surface area (Å²) in [4.78, 5) is 8.64. The van der Waals surface area contributed by atoms with Crippen LogP contribution in [0.15, 0.2) is 55.7 Å². The number of hydrogen-bond acceptors (Lipinski definition) is 8. The zero-order valence-electron chi connectivity index (χ0n) is 12.6. The zero-order chi connectivity index (χ0) is 16.5. The second kappa shape index (κ2) is 6.29. The Morgan fingerprint density at radius 1 is 1.00 bits per heavy atom. The maximum atomic E-state index is 9.44. The molecule has 0 atom stereocenters. The molecule has 0 spiro atoms. The van der Waals surface area contributed by atoms with Crippen LogP contribution in [0.4, 0.5) is 0 Å². The first-order valence-corrected chi connectivity index (χ1v) is 9.22. The largest absolute Gasteiger partial charge is 0.508 e. The number of phenols is 1. The summed E-state index contributed by atoms with van der Waals surface area (Å²) in [5.74, 6) is 1.18. The molecule has 2 heterocycles. The van der Waals surface area contributed by atoms with Gasteiger partial charge in [-0.05, 0) is 42.3 Å². The van der Waals surface area contributed by atoms with Gasteiger partial charge in [0.15, 0.2) is 11.2 Å². The molecule has 8 heteroatoms. The molecule has 0 aliphatic carbocycles. The molecule has 0 amide bonds. The van der Waals surface area contributed by atoms with Gasteiger partial charge in [0.05, 0.1) is 0 Å². The van der Waals surface area contributed by atoms with Crippen molar-refractivity contribution in [1.29, 1.82) is 0 Å². The normalized spacial score (nSPS) is 11.4. The van der Waals surface area contributed by atoms with Gasteiger partial charge >= 0.3 is 0 Å². The fourth-order valence-corrected chi connectivity index (χ4v) is 3.13. The number of oxazole rings is 2. The van der Waals surface area contributed by atoms with E-state index in [-0.39, 0.29) is 5.75 Å². The maximum absolute atomic E-state index is 9.44. The summed E-state index contributed by atoms with van der Waals surface area (Å²) in [6.45, 7) is 0. The molecule has 0 saturated heterocycles. The van der Waals surface area contributed by atoms with E-state index in [1.54, 1.807) is 12.1 Å². The molecule has 2 aromatic heterocycles. The fraction of sp³-hybridized carbons (Fsp3) is 0.125. The number of fused-ring (bicyclic) bond motifs is 2. The SMILES string of the molecule is CSc1nc2ccc(OCSc3nc4ccc(O)cc4o3)cc2o1. The van der Waals surface area contributed by atoms with Crippen LogP contribution in [0, 0.1) is 0 Å². The summed E-state index contributed by atoms with van der Waals surface area (Å²) in [6, 6.07) is 10.3. The van der Waals surface area contributed by atoms with E-state index in [2.05, 4.69) is 9.97 Å². The molecule has 24 heavy (non-hydrogen) atoms. The topological polar surface area (TPSA) is 81.5 Å². The zero-order valence-corrected chi connectivity index (χ0v) is 14.2. The summed E-state index contributed by atoms with van der Waals surface area (Å²) in [5, 5.41) is 10.6. The molecule has 0 bridgehead atoms. The van der Waals surface area contributed by atoms with Gasteiger partial charge in [-0.1, -0.05) is 11.8 Å². The average Bonchev–Trinajstić information content (AvgIpc) is 3.17. The molecule has 0 fully saturated rings. The minimum absolute atomic E-state index is 0.149. The third kappa shape index (κ3) is 3.02. The lowest BCUT2D eigenvalue weighted by Crippen LogP contribution is -1.92. The number of phenolic OH excluding ortho intramolecular Hbond substituents is 1. The second-order valence-electron chi connectivity index (χ2n) is 4.85. The van der Waals surface area contributed by atoms with Gasteiger partial charge in [-0.3, -0.25) is 0 Å². The maximum Gasteiger partial charge on any atom is 0.260 e. The van der Waals surface area contributed by atoms with Gasteiger partial charge in [0.2, 0.25) is 0 Å². The Morgan fingerprint density at radius 3 is 2.54 bits per heavy atom. The fourth-order valence-electron chi connectivity index (χ4n) is 2.16. The Kier molecular flexibility index (Phi) is 3.99. The monoisotopic (exact) mass is 360 g/mol. The van der Waals surface area contributed by atoms with Crippen LogP contribution in [-0.2, 0) is 0 Å². The molecule has 1 N–H and O–H groups in total. The van der Waals surface area contributed by atoms with Crippen molar-refractivity contribution in [3.05, 3.63) is 36.4 Å². The summed E-state index contributed by atoms with van der Waals surface area (Å²) < 4.78 is 16.8. The van der Waals surface area contributed by atoms with Crippen LogP contribution < -0.4 is 4.74 Å². The van der Waals surface area contributed by atoms with Gasteiger partial charge in [0.25, 0.3) is 10.4 Å². The highest BCUT2D eigenvalue weighted by Crippen LogP contribution is 2.28. The molecule has 4 aromatic rings. The minimum Gasteiger partial charge on any atom is -0.508 e. The summed E-state index contributed by atoms with van der Waals surface area (Å²) in [5.41, 5.74) is 2.74. The summed E-state index contributed by atoms with van der Waals surface area (Å²) in [6.07, 6.45) is 1.92. The van der Waals surface area contributed by atoms with Crippen molar-refractivity contribution in [1.82, 2.24) is 9.97 Å². The van der Waals surface area contributed by atoms with E-state index in [9.17, 15) is 5.11 Å². The highest BCUT2D eigenvalue weighted by molar-refractivity contribution is 7.99. The van der Waals surface area contributed by atoms with Crippen LogP contribution in [0.5, 0.6) is 11.5 Å². The van der Waals surface area contributed by atoms with Crippen LogP contribution in [0.25, 0.3) is 22.2 Å². The Morgan fingerprint density at radius 2 is 1.71 bits per heavy atom. The van der Waals surface area contributed by atoms with E-state index >= 15 is 0 Å². The third-order valence-electron chi connectivity index (χ3n) is 3.28. The van der Waals surface area contributed by atoms with Crippen LogP contribution in [0.2, 0.25) is 0 Å². The second-order valence-corrected chi connectivity index (χ2v) is 6.48. The predicted molar refractivity (Wildman–Crippen MR) is 92.8 cm³/mol. The van der Waals surface area contributed by atoms with E-state index < -0.39 is 0 Å². The Labute approximate surface area is 145 Å². The molecule has 2 aromatic carbocycles. The van der Waals surface area contributed by atoms with Gasteiger partial charge in [-0.25, -0.2) is 9.97 Å². The smallest absolute Gasteiger partial charge is 0.260 e. The van der Waals surface area contributed by atoms with Crippen molar-refractivity contribution in [3.63, 3.8) is 0 Å². The van der Waals surface area contributed by atoms with E-state index in [0.29, 0.717) is 38.8 Å². The van der Waals surface area contributed by atoms with Crippen LogP contribution in [0.1, 0.15) is 0 Å². The molecule has 122 valence electrons. The number of ether oxygens (including phenoxy) is 1. The molecule has 0 unspecified atom stereocenters. The van der Waals surface area contributed by atoms with Gasteiger partial charge in [0, 0.05) is 12.1 Å². The standard InChI is InChI=1S/C16H12N2O4S2/c1-23-15-17-12-5-3-10(7-14(12)21-15)20-8-24-16-18-11-4-2-9(19)6-13(11)22-16/h2-7,19H,8H2,1H3. The first kappa shape index (κ1) is 15.2. The molecular formula is C16H12N2O4S2. The lowest BCUT2D eigenvalue weighted by molar-refractivity contribution is 0.388. The number of rotatable bonds is 5. The number of aromatic hydroxyl groups is 1. The van der Waals surface area contributed by atoms with Crippen molar-refractivity contribution >= 4 is 45.7 Å². The highest BCUT2D eigenvalue weighted by Gasteiger charge is 2.09. The van der Waals surface area contributed by atoms with Gasteiger partial charge in [-0.2, -0.15) is 0 Å². The molecule has 0 saturated carbocycles. The number of aromatic nitrogens is 2. The van der Waals surface area contributed by atoms with Crippen LogP contribution in [-0.4, -0.2) is 27.3 Å². The average molecular weight is 360 g/mol. The van der Waals surface area contributed by atoms with Crippen molar-refractivity contribution in [2.45, 2.75) is 10.4 Å². The van der Waals surface area contributed by atoms with E-state index in [0.717, 1.165) is 5.52 Å². The molecule has 6 nitrogen and oxygen atoms in total. The third-order valence-corrected chi connectivity index (χ3v) is 4.46. The van der Waals surface area contributed by atoms with Crippen molar-refractivity contribution in [2.24, 2.45) is 0 Å². The number of nitrogens with zero attached hydrogens (tertiary/aromatic N) is 2. The van der Waals surface area contributed by atoms with E-state index in [4.69, 9.17) is 13.6 Å². The van der Waals surface area contributed by atoms with E-state index in [1.165, 1.54) is 29.6 Å². The Hall–Kier alpha value is -2.32. The predicted octanol–water partition coefficient (Wildman–Crippen LogP) is 4.53. The van der Waals surface area contributed by atoms with Gasteiger partial charge in [0.1, 0.15) is 28.5 Å². The Bertz CT molecular complexity index is 1010. The number of benzene rings is 2. The minimum atomic E-state index is 0.149. The molecular weight excluding hydrogens is 348 g/mol. The van der Waals surface area contributed by atoms with Gasteiger partial charge in [-0.15, -0.1) is 0 Å². The Balaban J connectivity index is 1.44. The first-order valence-electron chi connectivity index (χ1n) is 7.01. The van der Waals surface area contributed by atoms with Crippen LogP contribution in [0.3, 0.4) is 0 Å². The quantitative estimate of drug-likeness (QED) is 0.411. The number of thioether (sulfide) groups is 2. The lowest BCUT2D eigenvalue weighted by Gasteiger charge is -2.03. The van der Waals surface area contributed by atoms with E-state index in [1.807, 2.05) is 24.5 Å². The molecule has 4 rings (SSSR count). The molecule has 0 aliphatic rings. The number of hydrogen-bond donors (Lipinski definition) is 1. The van der Waals surface area contributed by atoms with Crippen molar-refractivity contribution in [2.75, 3.05) is 12.2 Å². The van der Waals surface area contributed by atoms with Gasteiger partial charge < -0.3 is 18.7 Å². The van der Waals surface area contributed by atoms with Crippen molar-refractivity contribution < 1.29 is 18.7 Å².